The molecule has 4 aromatic carbocycles. The van der Waals surface area contributed by atoms with Crippen molar-refractivity contribution in [3.8, 4) is 0 Å². The molecule has 0 radical (unpaired) electrons. The van der Waals surface area contributed by atoms with E-state index in [1.165, 1.54) is 16.0 Å². The molecule has 0 saturated carbocycles. The predicted octanol–water partition coefficient (Wildman–Crippen LogP) is 8.05. The highest BCUT2D eigenvalue weighted by Gasteiger charge is 2.11. The van der Waals surface area contributed by atoms with Crippen molar-refractivity contribution in [3.63, 3.8) is 0 Å². The normalized spacial score (nSPS) is 10.9. The van der Waals surface area contributed by atoms with Crippen LogP contribution in [0.5, 0.6) is 0 Å². The van der Waals surface area contributed by atoms with Crippen LogP contribution in [0.4, 0.5) is 17.1 Å². The monoisotopic (exact) mass is 393 g/mol. The predicted molar refractivity (Wildman–Crippen MR) is 128 cm³/mol. The molecule has 0 aliphatic carbocycles. The van der Waals surface area contributed by atoms with Crippen LogP contribution in [-0.4, -0.2) is 6.26 Å². The Morgan fingerprint density at radius 1 is 0.517 bits per heavy atom. The molecule has 2 heteroatoms. The number of hydrogen-bond acceptors (Lipinski definition) is 2. The summed E-state index contributed by atoms with van der Waals surface area (Å²) >= 11 is 1.76. The van der Waals surface area contributed by atoms with Crippen molar-refractivity contribution in [1.82, 2.24) is 0 Å². The van der Waals surface area contributed by atoms with Gasteiger partial charge in [-0.2, -0.15) is 0 Å². The zero-order chi connectivity index (χ0) is 19.9. The fraction of sp³-hybridized carbons (Fsp3) is 0.0370. The highest BCUT2D eigenvalue weighted by Crippen LogP contribution is 2.34. The van der Waals surface area contributed by atoms with Gasteiger partial charge in [0.2, 0.25) is 0 Å². The molecule has 0 N–H and O–H groups in total. The van der Waals surface area contributed by atoms with Crippen LogP contribution >= 0.6 is 11.8 Å². The smallest absolute Gasteiger partial charge is 0.0462 e. The third-order valence-electron chi connectivity index (χ3n) is 4.76. The van der Waals surface area contributed by atoms with Crippen molar-refractivity contribution in [1.29, 1.82) is 0 Å². The van der Waals surface area contributed by atoms with E-state index in [0.717, 1.165) is 17.1 Å². The summed E-state index contributed by atoms with van der Waals surface area (Å²) < 4.78 is 0. The van der Waals surface area contributed by atoms with Crippen LogP contribution in [0.25, 0.3) is 12.2 Å². The van der Waals surface area contributed by atoms with Crippen molar-refractivity contribution in [2.24, 2.45) is 0 Å². The lowest BCUT2D eigenvalue weighted by molar-refractivity contribution is 1.28. The summed E-state index contributed by atoms with van der Waals surface area (Å²) in [5.74, 6) is 0. The van der Waals surface area contributed by atoms with Gasteiger partial charge in [0, 0.05) is 22.0 Å². The molecule has 0 aliphatic rings. The summed E-state index contributed by atoms with van der Waals surface area (Å²) in [5.41, 5.74) is 5.83. The minimum absolute atomic E-state index is 1.14. The molecule has 142 valence electrons. The maximum atomic E-state index is 2.27. The highest BCUT2D eigenvalue weighted by molar-refractivity contribution is 7.98. The van der Waals surface area contributed by atoms with Gasteiger partial charge in [0.1, 0.15) is 0 Å². The molecule has 0 aliphatic heterocycles. The molecule has 29 heavy (non-hydrogen) atoms. The van der Waals surface area contributed by atoms with Crippen molar-refractivity contribution in [3.05, 3.63) is 120 Å². The van der Waals surface area contributed by atoms with E-state index >= 15 is 0 Å². The van der Waals surface area contributed by atoms with E-state index in [1.807, 2.05) is 12.1 Å². The largest absolute Gasteiger partial charge is 0.311 e. The van der Waals surface area contributed by atoms with Gasteiger partial charge in [-0.25, -0.2) is 0 Å². The lowest BCUT2D eigenvalue weighted by atomic mass is 10.1. The average molecular weight is 394 g/mol. The van der Waals surface area contributed by atoms with Gasteiger partial charge in [-0.05, 0) is 65.9 Å². The Bertz CT molecular complexity index is 1010. The Labute approximate surface area is 177 Å². The number of benzene rings is 4. The quantitative estimate of drug-likeness (QED) is 0.241. The molecular weight excluding hydrogens is 370 g/mol. The van der Waals surface area contributed by atoms with E-state index in [4.69, 9.17) is 0 Å². The Hall–Kier alpha value is -3.23. The van der Waals surface area contributed by atoms with Gasteiger partial charge < -0.3 is 4.90 Å². The van der Waals surface area contributed by atoms with Crippen LogP contribution in [0.15, 0.2) is 114 Å². The molecule has 0 fully saturated rings. The van der Waals surface area contributed by atoms with E-state index < -0.39 is 0 Å². The van der Waals surface area contributed by atoms with Crippen molar-refractivity contribution in [2.75, 3.05) is 11.2 Å². The summed E-state index contributed by atoms with van der Waals surface area (Å²) in [7, 11) is 0. The SMILES string of the molecule is CSc1ccc(/C=C/c2ccc(N(c3ccccc3)c3ccccc3)cc2)cc1. The lowest BCUT2D eigenvalue weighted by Gasteiger charge is -2.25. The minimum atomic E-state index is 1.14. The molecule has 1 nitrogen and oxygen atoms in total. The van der Waals surface area contributed by atoms with Crippen LogP contribution in [-0.2, 0) is 0 Å². The summed E-state index contributed by atoms with van der Waals surface area (Å²) in [4.78, 5) is 3.56. The van der Waals surface area contributed by atoms with Crippen LogP contribution in [0, 0.1) is 0 Å². The number of rotatable bonds is 6. The Kier molecular flexibility index (Phi) is 6.13. The van der Waals surface area contributed by atoms with Crippen LogP contribution in [0.2, 0.25) is 0 Å². The van der Waals surface area contributed by atoms with Gasteiger partial charge in [0.05, 0.1) is 0 Å². The molecule has 0 unspecified atom stereocenters. The van der Waals surface area contributed by atoms with E-state index in [0.29, 0.717) is 0 Å². The minimum Gasteiger partial charge on any atom is -0.311 e. The Morgan fingerprint density at radius 2 is 0.931 bits per heavy atom. The van der Waals surface area contributed by atoms with Crippen molar-refractivity contribution in [2.45, 2.75) is 4.90 Å². The number of nitrogens with zero attached hydrogens (tertiary/aromatic N) is 1. The van der Waals surface area contributed by atoms with E-state index in [9.17, 15) is 0 Å². The molecule has 4 rings (SSSR count). The maximum absolute atomic E-state index is 2.27. The van der Waals surface area contributed by atoms with Crippen molar-refractivity contribution >= 4 is 41.0 Å². The van der Waals surface area contributed by atoms with Gasteiger partial charge in [-0.1, -0.05) is 72.8 Å². The molecule has 0 saturated heterocycles. The zero-order valence-corrected chi connectivity index (χ0v) is 17.2. The molecule has 0 amide bonds. The second kappa shape index (κ2) is 9.31. The zero-order valence-electron chi connectivity index (χ0n) is 16.4. The number of para-hydroxylation sites is 2. The van der Waals surface area contributed by atoms with Crippen LogP contribution < -0.4 is 4.90 Å². The highest BCUT2D eigenvalue weighted by atomic mass is 32.2. The van der Waals surface area contributed by atoms with Crippen molar-refractivity contribution < 1.29 is 0 Å². The first-order chi connectivity index (χ1) is 14.3. The number of anilines is 3. The van der Waals surface area contributed by atoms with Crippen LogP contribution in [0.1, 0.15) is 11.1 Å². The first-order valence-electron chi connectivity index (χ1n) is 9.66. The summed E-state index contributed by atoms with van der Waals surface area (Å²) in [6, 6.07) is 38.3. The second-order valence-electron chi connectivity index (χ2n) is 6.70. The first kappa shape index (κ1) is 19.1. The molecule has 0 bridgehead atoms. The molecule has 0 spiro atoms. The molecule has 0 aromatic heterocycles. The molecular formula is C27H23NS. The summed E-state index contributed by atoms with van der Waals surface area (Å²) in [5, 5.41) is 0. The molecule has 4 aromatic rings. The van der Waals surface area contributed by atoms with E-state index in [1.54, 1.807) is 11.8 Å². The maximum Gasteiger partial charge on any atom is 0.0462 e. The summed E-state index contributed by atoms with van der Waals surface area (Å²) in [6.45, 7) is 0. The van der Waals surface area contributed by atoms with Gasteiger partial charge in [-0.15, -0.1) is 11.8 Å². The first-order valence-corrected chi connectivity index (χ1v) is 10.9. The molecule has 0 atom stereocenters. The summed E-state index contributed by atoms with van der Waals surface area (Å²) in [6.07, 6.45) is 6.42. The van der Waals surface area contributed by atoms with Gasteiger partial charge in [0.15, 0.2) is 0 Å². The molecule has 0 heterocycles. The third-order valence-corrected chi connectivity index (χ3v) is 5.51. The fourth-order valence-corrected chi connectivity index (χ4v) is 3.65. The lowest BCUT2D eigenvalue weighted by Crippen LogP contribution is -2.09. The Morgan fingerprint density at radius 3 is 1.38 bits per heavy atom. The topological polar surface area (TPSA) is 3.24 Å². The van der Waals surface area contributed by atoms with E-state index in [2.05, 4.69) is 120 Å². The van der Waals surface area contributed by atoms with Gasteiger partial charge >= 0.3 is 0 Å². The van der Waals surface area contributed by atoms with Gasteiger partial charge in [-0.3, -0.25) is 0 Å². The standard InChI is InChI=1S/C27H23NS/c1-29-27-20-16-23(17-21-27)13-12-22-14-18-26(19-15-22)28(24-8-4-2-5-9-24)25-10-6-3-7-11-25/h2-21H,1H3/b13-12+. The number of thioether (sulfide) groups is 1. The fourth-order valence-electron chi connectivity index (χ4n) is 3.24. The van der Waals surface area contributed by atoms with Gasteiger partial charge in [0.25, 0.3) is 0 Å². The number of hydrogen-bond donors (Lipinski definition) is 0. The van der Waals surface area contributed by atoms with Crippen LogP contribution in [0.3, 0.4) is 0 Å². The Balaban J connectivity index is 1.59. The third kappa shape index (κ3) is 4.79. The average Bonchev–Trinajstić information content (AvgIpc) is 2.80. The van der Waals surface area contributed by atoms with E-state index in [-0.39, 0.29) is 0 Å². The second-order valence-corrected chi connectivity index (χ2v) is 7.58.